The summed E-state index contributed by atoms with van der Waals surface area (Å²) in [6.45, 7) is 6.92. The van der Waals surface area contributed by atoms with Gasteiger partial charge in [0.05, 0.1) is 12.2 Å². The van der Waals surface area contributed by atoms with Crippen LogP contribution in [-0.4, -0.2) is 45.9 Å². The van der Waals surface area contributed by atoms with E-state index < -0.39 is 0 Å². The van der Waals surface area contributed by atoms with Crippen LogP contribution in [0.4, 0.5) is 0 Å². The molecule has 0 spiro atoms. The first-order valence-corrected chi connectivity index (χ1v) is 8.48. The normalized spacial score (nSPS) is 26.3. The van der Waals surface area contributed by atoms with E-state index in [1.54, 1.807) is 11.3 Å². The monoisotopic (exact) mass is 300 g/mol. The molecule has 21 heavy (non-hydrogen) atoms. The third-order valence-corrected chi connectivity index (χ3v) is 5.36. The van der Waals surface area contributed by atoms with Gasteiger partial charge in [-0.1, -0.05) is 6.07 Å². The van der Waals surface area contributed by atoms with Gasteiger partial charge in [0.2, 0.25) is 0 Å². The van der Waals surface area contributed by atoms with E-state index in [0.717, 1.165) is 24.9 Å². The number of hydrogen-bond donors (Lipinski definition) is 0. The summed E-state index contributed by atoms with van der Waals surface area (Å²) in [5, 5.41) is 3.32. The van der Waals surface area contributed by atoms with Gasteiger partial charge in [-0.05, 0) is 24.0 Å². The van der Waals surface area contributed by atoms with Gasteiger partial charge in [0, 0.05) is 50.5 Å². The molecular formula is C16H20N4S. The number of aromatic nitrogens is 2. The second-order valence-electron chi connectivity index (χ2n) is 6.16. The minimum atomic E-state index is 0.827. The standard InChI is InChI=1S/C16H20N4S/c1-2-4-17-15(3-1)11-19-7-13-9-20(10-14(13)8-19)12-16-18-5-6-21-16/h1-6,13-14H,7-12H2/t13-,14-/m0/s1. The van der Waals surface area contributed by atoms with Crippen molar-refractivity contribution in [2.24, 2.45) is 11.8 Å². The van der Waals surface area contributed by atoms with Crippen LogP contribution in [0.25, 0.3) is 0 Å². The van der Waals surface area contributed by atoms with Crippen molar-refractivity contribution < 1.29 is 0 Å². The summed E-state index contributed by atoms with van der Waals surface area (Å²) in [4.78, 5) is 14.0. The van der Waals surface area contributed by atoms with Crippen LogP contribution in [0.3, 0.4) is 0 Å². The molecule has 0 amide bonds. The van der Waals surface area contributed by atoms with Gasteiger partial charge >= 0.3 is 0 Å². The summed E-state index contributed by atoms with van der Waals surface area (Å²) in [6.07, 6.45) is 3.80. The highest BCUT2D eigenvalue weighted by molar-refractivity contribution is 7.09. The van der Waals surface area contributed by atoms with E-state index in [1.165, 1.54) is 36.9 Å². The fourth-order valence-corrected chi connectivity index (χ4v) is 4.35. The van der Waals surface area contributed by atoms with Crippen LogP contribution in [0, 0.1) is 11.8 Å². The molecule has 2 aromatic rings. The Morgan fingerprint density at radius 1 is 0.952 bits per heavy atom. The number of pyridine rings is 1. The molecule has 110 valence electrons. The van der Waals surface area contributed by atoms with Gasteiger partial charge in [-0.15, -0.1) is 11.3 Å². The van der Waals surface area contributed by atoms with Gasteiger partial charge in [0.1, 0.15) is 5.01 Å². The molecule has 0 N–H and O–H groups in total. The Morgan fingerprint density at radius 2 is 1.71 bits per heavy atom. The zero-order valence-electron chi connectivity index (χ0n) is 12.1. The number of likely N-dealkylation sites (tertiary alicyclic amines) is 2. The van der Waals surface area contributed by atoms with E-state index in [9.17, 15) is 0 Å². The SMILES string of the molecule is c1ccc(CN2C[C@H]3CN(Cc4nccs4)C[C@@H]3C2)nc1. The van der Waals surface area contributed by atoms with Gasteiger partial charge in [0.15, 0.2) is 0 Å². The summed E-state index contributed by atoms with van der Waals surface area (Å²) in [5.74, 6) is 1.65. The first-order chi connectivity index (χ1) is 10.4. The maximum absolute atomic E-state index is 4.44. The van der Waals surface area contributed by atoms with E-state index in [-0.39, 0.29) is 0 Å². The highest BCUT2D eigenvalue weighted by Gasteiger charge is 2.39. The molecule has 4 nitrogen and oxygen atoms in total. The summed E-state index contributed by atoms with van der Waals surface area (Å²) in [6, 6.07) is 6.19. The van der Waals surface area contributed by atoms with Crippen molar-refractivity contribution in [1.82, 2.24) is 19.8 Å². The van der Waals surface area contributed by atoms with Crippen LogP contribution < -0.4 is 0 Å². The highest BCUT2D eigenvalue weighted by Crippen LogP contribution is 2.32. The number of fused-ring (bicyclic) bond motifs is 1. The lowest BCUT2D eigenvalue weighted by atomic mass is 10.0. The molecule has 0 unspecified atom stereocenters. The van der Waals surface area contributed by atoms with E-state index in [2.05, 4.69) is 37.3 Å². The fourth-order valence-electron chi connectivity index (χ4n) is 3.69. The minimum absolute atomic E-state index is 0.827. The van der Waals surface area contributed by atoms with Crippen molar-refractivity contribution in [2.75, 3.05) is 26.2 Å². The molecule has 0 saturated carbocycles. The van der Waals surface area contributed by atoms with Crippen LogP contribution in [0.1, 0.15) is 10.7 Å². The maximum Gasteiger partial charge on any atom is 0.107 e. The third-order valence-electron chi connectivity index (χ3n) is 4.59. The van der Waals surface area contributed by atoms with Crippen LogP contribution in [-0.2, 0) is 13.1 Å². The molecule has 2 fully saturated rings. The second kappa shape index (κ2) is 5.83. The Balaban J connectivity index is 1.31. The smallest absolute Gasteiger partial charge is 0.107 e. The third kappa shape index (κ3) is 3.00. The first-order valence-electron chi connectivity index (χ1n) is 7.60. The Bertz CT molecular complexity index is 557. The topological polar surface area (TPSA) is 32.3 Å². The molecule has 4 rings (SSSR count). The predicted molar refractivity (Wildman–Crippen MR) is 83.9 cm³/mol. The number of nitrogens with zero attached hydrogens (tertiary/aromatic N) is 4. The largest absolute Gasteiger partial charge is 0.297 e. The average molecular weight is 300 g/mol. The van der Waals surface area contributed by atoms with E-state index in [0.29, 0.717) is 0 Å². The van der Waals surface area contributed by atoms with Crippen LogP contribution in [0.5, 0.6) is 0 Å². The summed E-state index contributed by atoms with van der Waals surface area (Å²) < 4.78 is 0. The van der Waals surface area contributed by atoms with Crippen molar-refractivity contribution in [3.63, 3.8) is 0 Å². The minimum Gasteiger partial charge on any atom is -0.297 e. The molecule has 0 bridgehead atoms. The van der Waals surface area contributed by atoms with Crippen LogP contribution >= 0.6 is 11.3 Å². The number of thiazole rings is 1. The second-order valence-corrected chi connectivity index (χ2v) is 7.13. The van der Waals surface area contributed by atoms with Crippen molar-refractivity contribution >= 4 is 11.3 Å². The molecule has 2 aliphatic rings. The zero-order chi connectivity index (χ0) is 14.1. The number of rotatable bonds is 4. The Labute approximate surface area is 129 Å². The Hall–Kier alpha value is -1.30. The number of hydrogen-bond acceptors (Lipinski definition) is 5. The quantitative estimate of drug-likeness (QED) is 0.865. The Morgan fingerprint density at radius 3 is 2.33 bits per heavy atom. The Kier molecular flexibility index (Phi) is 3.71. The molecule has 0 aliphatic carbocycles. The van der Waals surface area contributed by atoms with Crippen LogP contribution in [0.15, 0.2) is 36.0 Å². The lowest BCUT2D eigenvalue weighted by Crippen LogP contribution is -2.28. The lowest BCUT2D eigenvalue weighted by molar-refractivity contribution is 0.244. The van der Waals surface area contributed by atoms with Crippen molar-refractivity contribution in [1.29, 1.82) is 0 Å². The average Bonchev–Trinajstić information content (AvgIpc) is 3.17. The van der Waals surface area contributed by atoms with Crippen LogP contribution in [0.2, 0.25) is 0 Å². The van der Waals surface area contributed by atoms with Gasteiger partial charge < -0.3 is 0 Å². The molecule has 2 aliphatic heterocycles. The zero-order valence-corrected chi connectivity index (χ0v) is 12.9. The van der Waals surface area contributed by atoms with Gasteiger partial charge in [-0.2, -0.15) is 0 Å². The molecule has 5 heteroatoms. The van der Waals surface area contributed by atoms with Crippen molar-refractivity contribution in [3.05, 3.63) is 46.7 Å². The molecule has 4 heterocycles. The first kappa shape index (κ1) is 13.4. The van der Waals surface area contributed by atoms with E-state index in [1.807, 2.05) is 18.5 Å². The molecule has 0 aromatic carbocycles. The lowest BCUT2D eigenvalue weighted by Gasteiger charge is -2.20. The van der Waals surface area contributed by atoms with Crippen molar-refractivity contribution in [3.8, 4) is 0 Å². The molecule has 2 atom stereocenters. The molecule has 2 saturated heterocycles. The van der Waals surface area contributed by atoms with E-state index in [4.69, 9.17) is 0 Å². The molecule has 0 radical (unpaired) electrons. The summed E-state index contributed by atoms with van der Waals surface area (Å²) in [5.41, 5.74) is 1.19. The summed E-state index contributed by atoms with van der Waals surface area (Å²) >= 11 is 1.77. The summed E-state index contributed by atoms with van der Waals surface area (Å²) in [7, 11) is 0. The van der Waals surface area contributed by atoms with Gasteiger partial charge in [0.25, 0.3) is 0 Å². The van der Waals surface area contributed by atoms with Gasteiger partial charge in [-0.3, -0.25) is 14.8 Å². The van der Waals surface area contributed by atoms with Crippen molar-refractivity contribution in [2.45, 2.75) is 13.1 Å². The molecule has 2 aromatic heterocycles. The van der Waals surface area contributed by atoms with E-state index >= 15 is 0 Å². The predicted octanol–water partition coefficient (Wildman–Crippen LogP) is 2.10. The van der Waals surface area contributed by atoms with Gasteiger partial charge in [-0.25, -0.2) is 4.98 Å². The highest BCUT2D eigenvalue weighted by atomic mass is 32.1. The molecular weight excluding hydrogens is 280 g/mol. The fraction of sp³-hybridized carbons (Fsp3) is 0.500. The maximum atomic E-state index is 4.44.